The number of nitrogen functional groups attached to an aromatic ring is 1. The van der Waals surface area contributed by atoms with Crippen LogP contribution in [0.2, 0.25) is 0 Å². The summed E-state index contributed by atoms with van der Waals surface area (Å²) < 4.78 is 24.9. The first-order valence-electron chi connectivity index (χ1n) is 5.39. The Hall–Kier alpha value is -1.04. The fourth-order valence-electron chi connectivity index (χ4n) is 2.16. The molecule has 1 saturated heterocycles. The fraction of sp³-hybridized carbons (Fsp3) is 0.700. The zero-order valence-electron chi connectivity index (χ0n) is 9.60. The fourth-order valence-corrected chi connectivity index (χ4v) is 4.07. The second-order valence-electron chi connectivity index (χ2n) is 4.58. The maximum Gasteiger partial charge on any atom is 0.161 e. The number of aromatic nitrogens is 2. The Balaban J connectivity index is 2.52. The summed E-state index contributed by atoms with van der Waals surface area (Å²) in [7, 11) is -1.39. The summed E-state index contributed by atoms with van der Waals surface area (Å²) in [4.78, 5) is 0. The summed E-state index contributed by atoms with van der Waals surface area (Å²) in [6.45, 7) is 1.75. The van der Waals surface area contributed by atoms with Crippen molar-refractivity contribution >= 4 is 15.7 Å². The maximum atomic E-state index is 12.1. The highest BCUT2D eigenvalue weighted by molar-refractivity contribution is 7.92. The lowest BCUT2D eigenvalue weighted by atomic mass is 9.99. The van der Waals surface area contributed by atoms with Gasteiger partial charge in [-0.2, -0.15) is 5.10 Å². The molecule has 5 nitrogen and oxygen atoms in total. The van der Waals surface area contributed by atoms with E-state index in [9.17, 15) is 8.42 Å². The van der Waals surface area contributed by atoms with Crippen molar-refractivity contribution in [1.82, 2.24) is 9.78 Å². The van der Waals surface area contributed by atoms with E-state index in [1.807, 2.05) is 0 Å². The number of hydrogen-bond donors (Lipinski definition) is 1. The molecule has 1 aromatic rings. The number of hydrogen-bond acceptors (Lipinski definition) is 4. The molecule has 90 valence electrons. The monoisotopic (exact) mass is 243 g/mol. The molecule has 1 unspecified atom stereocenters. The molecule has 1 aliphatic heterocycles. The second kappa shape index (κ2) is 3.48. The van der Waals surface area contributed by atoms with E-state index in [4.69, 9.17) is 5.73 Å². The molecule has 6 heteroatoms. The Morgan fingerprint density at radius 1 is 1.50 bits per heavy atom. The molecule has 0 saturated carbocycles. The number of anilines is 1. The van der Waals surface area contributed by atoms with Gasteiger partial charge >= 0.3 is 0 Å². The minimum Gasteiger partial charge on any atom is -0.384 e. The van der Waals surface area contributed by atoms with E-state index in [1.165, 1.54) is 4.68 Å². The average Bonchev–Trinajstić information content (AvgIpc) is 2.53. The number of sulfone groups is 1. The van der Waals surface area contributed by atoms with Crippen molar-refractivity contribution < 1.29 is 8.42 Å². The van der Waals surface area contributed by atoms with Crippen LogP contribution in [-0.2, 0) is 21.6 Å². The van der Waals surface area contributed by atoms with Crippen molar-refractivity contribution in [3.8, 4) is 0 Å². The SMILES string of the molecule is Cn1nc(C2(C)CCCCS2(=O)=O)cc1N. The van der Waals surface area contributed by atoms with Crippen molar-refractivity contribution in [3.63, 3.8) is 0 Å². The van der Waals surface area contributed by atoms with Gasteiger partial charge in [-0.25, -0.2) is 8.42 Å². The van der Waals surface area contributed by atoms with Gasteiger partial charge in [0.25, 0.3) is 0 Å². The molecule has 2 rings (SSSR count). The molecule has 0 spiro atoms. The van der Waals surface area contributed by atoms with Gasteiger partial charge in [0.2, 0.25) is 0 Å². The van der Waals surface area contributed by atoms with E-state index >= 15 is 0 Å². The molecular formula is C10H17N3O2S. The van der Waals surface area contributed by atoms with Crippen LogP contribution in [0.3, 0.4) is 0 Å². The quantitative estimate of drug-likeness (QED) is 0.792. The molecule has 1 aromatic heterocycles. The van der Waals surface area contributed by atoms with Crippen molar-refractivity contribution in [3.05, 3.63) is 11.8 Å². The Kier molecular flexibility index (Phi) is 2.49. The van der Waals surface area contributed by atoms with Crippen LogP contribution in [0.25, 0.3) is 0 Å². The number of nitrogens with two attached hydrogens (primary N) is 1. The Morgan fingerprint density at radius 2 is 2.19 bits per heavy atom. The van der Waals surface area contributed by atoms with Gasteiger partial charge in [0, 0.05) is 13.1 Å². The van der Waals surface area contributed by atoms with Gasteiger partial charge in [-0.15, -0.1) is 0 Å². The van der Waals surface area contributed by atoms with Crippen LogP contribution in [0.4, 0.5) is 5.82 Å². The van der Waals surface area contributed by atoms with E-state index in [-0.39, 0.29) is 5.75 Å². The Labute approximate surface area is 95.6 Å². The van der Waals surface area contributed by atoms with Crippen molar-refractivity contribution in [1.29, 1.82) is 0 Å². The molecule has 1 atom stereocenters. The van der Waals surface area contributed by atoms with Crippen LogP contribution >= 0.6 is 0 Å². The summed E-state index contributed by atoms with van der Waals surface area (Å²) in [6, 6.07) is 1.67. The molecule has 1 fully saturated rings. The first-order valence-corrected chi connectivity index (χ1v) is 7.04. The first-order chi connectivity index (χ1) is 7.37. The molecule has 0 radical (unpaired) electrons. The molecule has 0 aliphatic carbocycles. The summed E-state index contributed by atoms with van der Waals surface area (Å²) in [6.07, 6.45) is 2.30. The smallest absolute Gasteiger partial charge is 0.161 e. The van der Waals surface area contributed by atoms with E-state index in [1.54, 1.807) is 20.0 Å². The molecule has 2 N–H and O–H groups in total. The molecule has 0 amide bonds. The lowest BCUT2D eigenvalue weighted by molar-refractivity contribution is 0.465. The standard InChI is InChI=1S/C10H17N3O2S/c1-10(5-3-4-6-16(10,14)15)8-7-9(11)13(2)12-8/h7H,3-6,11H2,1-2H3. The summed E-state index contributed by atoms with van der Waals surface area (Å²) in [5.41, 5.74) is 6.28. The van der Waals surface area contributed by atoms with E-state index in [0.717, 1.165) is 12.8 Å². The first kappa shape index (κ1) is 11.4. The number of aryl methyl sites for hydroxylation is 1. The highest BCUT2D eigenvalue weighted by Crippen LogP contribution is 2.39. The van der Waals surface area contributed by atoms with Crippen LogP contribution in [0.1, 0.15) is 31.9 Å². The van der Waals surface area contributed by atoms with Crippen LogP contribution in [0, 0.1) is 0 Å². The second-order valence-corrected chi connectivity index (χ2v) is 7.12. The molecule has 16 heavy (non-hydrogen) atoms. The third-order valence-corrected chi connectivity index (χ3v) is 6.07. The lowest BCUT2D eigenvalue weighted by Gasteiger charge is -2.31. The largest absolute Gasteiger partial charge is 0.384 e. The number of rotatable bonds is 1. The van der Waals surface area contributed by atoms with Gasteiger partial charge in [-0.3, -0.25) is 4.68 Å². The Bertz CT molecular complexity index is 487. The normalized spacial score (nSPS) is 29.1. The predicted octanol–water partition coefficient (Wildman–Crippen LogP) is 0.816. The zero-order valence-corrected chi connectivity index (χ0v) is 10.4. The molecule has 1 aliphatic rings. The zero-order chi connectivity index (χ0) is 12.0. The van der Waals surface area contributed by atoms with E-state index < -0.39 is 14.6 Å². The molecular weight excluding hydrogens is 226 g/mol. The van der Waals surface area contributed by atoms with Gasteiger partial charge < -0.3 is 5.73 Å². The highest BCUT2D eigenvalue weighted by atomic mass is 32.2. The van der Waals surface area contributed by atoms with Crippen LogP contribution in [0.5, 0.6) is 0 Å². The van der Waals surface area contributed by atoms with Gasteiger partial charge in [0.05, 0.1) is 11.4 Å². The summed E-state index contributed by atoms with van der Waals surface area (Å²) in [5.74, 6) is 0.747. The highest BCUT2D eigenvalue weighted by Gasteiger charge is 2.44. The Morgan fingerprint density at radius 3 is 2.69 bits per heavy atom. The molecule has 0 bridgehead atoms. The van der Waals surface area contributed by atoms with Gasteiger partial charge in [0.1, 0.15) is 10.6 Å². The van der Waals surface area contributed by atoms with E-state index in [0.29, 0.717) is 17.9 Å². The third kappa shape index (κ3) is 1.52. The number of nitrogens with zero attached hydrogens (tertiary/aromatic N) is 2. The topological polar surface area (TPSA) is 78.0 Å². The van der Waals surface area contributed by atoms with Crippen molar-refractivity contribution in [2.75, 3.05) is 11.5 Å². The third-order valence-electron chi connectivity index (χ3n) is 3.46. The molecule has 0 aromatic carbocycles. The van der Waals surface area contributed by atoms with Gasteiger partial charge in [-0.05, 0) is 19.8 Å². The minimum atomic E-state index is -3.11. The average molecular weight is 243 g/mol. The lowest BCUT2D eigenvalue weighted by Crippen LogP contribution is -2.38. The minimum absolute atomic E-state index is 0.250. The maximum absolute atomic E-state index is 12.1. The van der Waals surface area contributed by atoms with Crippen LogP contribution in [0.15, 0.2) is 6.07 Å². The van der Waals surface area contributed by atoms with Crippen LogP contribution < -0.4 is 5.73 Å². The predicted molar refractivity (Wildman–Crippen MR) is 62.6 cm³/mol. The van der Waals surface area contributed by atoms with E-state index in [2.05, 4.69) is 5.10 Å². The van der Waals surface area contributed by atoms with Crippen molar-refractivity contribution in [2.45, 2.75) is 30.9 Å². The van der Waals surface area contributed by atoms with Gasteiger partial charge in [-0.1, -0.05) is 6.42 Å². The summed E-state index contributed by atoms with van der Waals surface area (Å²) in [5, 5.41) is 4.21. The van der Waals surface area contributed by atoms with Crippen molar-refractivity contribution in [2.24, 2.45) is 7.05 Å². The molecule has 2 heterocycles. The summed E-state index contributed by atoms with van der Waals surface area (Å²) >= 11 is 0. The van der Waals surface area contributed by atoms with Gasteiger partial charge in [0.15, 0.2) is 9.84 Å². The van der Waals surface area contributed by atoms with Crippen LogP contribution in [-0.4, -0.2) is 24.0 Å².